The second-order valence-electron chi connectivity index (χ2n) is 6.53. The van der Waals surface area contributed by atoms with Gasteiger partial charge in [0.2, 0.25) is 0 Å². The first-order valence-corrected chi connectivity index (χ1v) is 7.31. The summed E-state index contributed by atoms with van der Waals surface area (Å²) in [6.45, 7) is 5.11. The maximum atomic E-state index is 12.2. The van der Waals surface area contributed by atoms with E-state index >= 15 is 0 Å². The molecule has 1 aliphatic carbocycles. The predicted octanol–water partition coefficient (Wildman–Crippen LogP) is 3.51. The molecule has 2 N–H and O–H groups in total. The maximum Gasteiger partial charge on any atom is 0.136 e. The van der Waals surface area contributed by atoms with E-state index in [1.165, 1.54) is 5.56 Å². The number of Topliss-reactive ketones (excluding diaryl/α,β-unsaturated/α-hetero) is 1. The minimum absolute atomic E-state index is 0.196. The van der Waals surface area contributed by atoms with Gasteiger partial charge in [-0.25, -0.2) is 0 Å². The van der Waals surface area contributed by atoms with Gasteiger partial charge in [-0.15, -0.1) is 0 Å². The number of carbonyl (C=O) groups excluding carboxylic acids is 1. The highest BCUT2D eigenvalue weighted by atomic mass is 16.1. The van der Waals surface area contributed by atoms with Crippen molar-refractivity contribution in [2.45, 2.75) is 45.4 Å². The van der Waals surface area contributed by atoms with Crippen molar-refractivity contribution < 1.29 is 4.79 Å². The van der Waals surface area contributed by atoms with E-state index in [0.29, 0.717) is 24.7 Å². The molecule has 0 radical (unpaired) electrons. The molecule has 1 aliphatic rings. The van der Waals surface area contributed by atoms with Crippen molar-refractivity contribution in [3.8, 4) is 0 Å². The van der Waals surface area contributed by atoms with Crippen LogP contribution in [0.3, 0.4) is 0 Å². The molecule has 19 heavy (non-hydrogen) atoms. The first-order chi connectivity index (χ1) is 9.03. The number of rotatable bonds is 7. The summed E-state index contributed by atoms with van der Waals surface area (Å²) in [4.78, 5) is 12.2. The maximum absolute atomic E-state index is 12.2. The summed E-state index contributed by atoms with van der Waals surface area (Å²) in [7, 11) is 0. The number of hydrogen-bond donors (Lipinski definition) is 1. The molecular weight excluding hydrogens is 234 g/mol. The van der Waals surface area contributed by atoms with Gasteiger partial charge in [0, 0.05) is 12.3 Å². The van der Waals surface area contributed by atoms with Crippen LogP contribution in [0.25, 0.3) is 0 Å². The van der Waals surface area contributed by atoms with Crippen LogP contribution in [0.4, 0.5) is 0 Å². The minimum Gasteiger partial charge on any atom is -0.330 e. The summed E-state index contributed by atoms with van der Waals surface area (Å²) in [5.74, 6) is 1.20. The highest BCUT2D eigenvalue weighted by molar-refractivity contribution is 5.85. The Labute approximate surface area is 116 Å². The van der Waals surface area contributed by atoms with Crippen molar-refractivity contribution in [3.63, 3.8) is 0 Å². The molecule has 104 valence electrons. The fourth-order valence-corrected chi connectivity index (χ4v) is 2.78. The summed E-state index contributed by atoms with van der Waals surface area (Å²) in [5.41, 5.74) is 7.12. The molecule has 1 aromatic carbocycles. The number of carbonyl (C=O) groups is 1. The molecule has 2 atom stereocenters. The van der Waals surface area contributed by atoms with Crippen molar-refractivity contribution in [2.75, 3.05) is 6.54 Å². The normalized spacial score (nSPS) is 22.3. The van der Waals surface area contributed by atoms with E-state index in [1.807, 2.05) is 6.07 Å². The largest absolute Gasteiger partial charge is 0.330 e. The van der Waals surface area contributed by atoms with E-state index in [1.54, 1.807) is 0 Å². The van der Waals surface area contributed by atoms with Crippen LogP contribution in [0.1, 0.15) is 51.0 Å². The van der Waals surface area contributed by atoms with Gasteiger partial charge in [-0.2, -0.15) is 0 Å². The molecule has 2 unspecified atom stereocenters. The molecule has 1 aromatic rings. The van der Waals surface area contributed by atoms with Crippen LogP contribution in [-0.2, 0) is 4.79 Å². The Balaban J connectivity index is 1.80. The van der Waals surface area contributed by atoms with Crippen LogP contribution in [0.2, 0.25) is 0 Å². The molecule has 0 aromatic heterocycles. The zero-order valence-electron chi connectivity index (χ0n) is 12.1. The average Bonchev–Trinajstić information content (AvgIpc) is 3.17. The van der Waals surface area contributed by atoms with E-state index in [4.69, 9.17) is 5.73 Å². The Morgan fingerprint density at radius 1 is 1.26 bits per heavy atom. The molecule has 0 spiro atoms. The van der Waals surface area contributed by atoms with Crippen molar-refractivity contribution in [2.24, 2.45) is 17.1 Å². The molecule has 2 nitrogen and oxygen atoms in total. The van der Waals surface area contributed by atoms with Crippen molar-refractivity contribution in [3.05, 3.63) is 35.9 Å². The highest BCUT2D eigenvalue weighted by Crippen LogP contribution is 2.48. The van der Waals surface area contributed by atoms with Crippen LogP contribution < -0.4 is 5.73 Å². The third kappa shape index (κ3) is 3.90. The Bertz CT molecular complexity index is 424. The molecule has 0 aliphatic heterocycles. The van der Waals surface area contributed by atoms with Crippen LogP contribution in [0.5, 0.6) is 0 Å². The first-order valence-electron chi connectivity index (χ1n) is 7.31. The molecule has 0 saturated heterocycles. The summed E-state index contributed by atoms with van der Waals surface area (Å²) < 4.78 is 0. The number of benzene rings is 1. The standard InChI is InChI=1S/C17H25NO/c1-17(2,10-11-18)9-8-16(19)15-12-14(15)13-6-4-3-5-7-13/h3-7,14-15H,8-12,18H2,1-2H3. The van der Waals surface area contributed by atoms with Gasteiger partial charge >= 0.3 is 0 Å². The number of nitrogens with two attached hydrogens (primary N) is 1. The molecule has 0 heterocycles. The van der Waals surface area contributed by atoms with E-state index in [2.05, 4.69) is 38.1 Å². The van der Waals surface area contributed by atoms with Crippen LogP contribution in [0.15, 0.2) is 30.3 Å². The molecule has 1 saturated carbocycles. The average molecular weight is 259 g/mol. The quantitative estimate of drug-likeness (QED) is 0.814. The van der Waals surface area contributed by atoms with Crippen LogP contribution in [-0.4, -0.2) is 12.3 Å². The number of hydrogen-bond acceptors (Lipinski definition) is 2. The predicted molar refractivity (Wildman–Crippen MR) is 79.0 cm³/mol. The van der Waals surface area contributed by atoms with Crippen molar-refractivity contribution >= 4 is 5.78 Å². The minimum atomic E-state index is 0.196. The lowest BCUT2D eigenvalue weighted by Crippen LogP contribution is -2.18. The molecule has 2 heteroatoms. The Morgan fingerprint density at radius 2 is 1.95 bits per heavy atom. The summed E-state index contributed by atoms with van der Waals surface area (Å²) in [6, 6.07) is 10.4. The van der Waals surface area contributed by atoms with Crippen LogP contribution >= 0.6 is 0 Å². The summed E-state index contributed by atoms with van der Waals surface area (Å²) in [6.07, 6.45) is 3.70. The van der Waals surface area contributed by atoms with Gasteiger partial charge in [0.05, 0.1) is 0 Å². The van der Waals surface area contributed by atoms with Gasteiger partial charge in [-0.3, -0.25) is 4.79 Å². The van der Waals surface area contributed by atoms with Crippen molar-refractivity contribution in [1.82, 2.24) is 0 Å². The number of ketones is 1. The molecule has 0 bridgehead atoms. The zero-order chi connectivity index (χ0) is 13.9. The second-order valence-corrected chi connectivity index (χ2v) is 6.53. The van der Waals surface area contributed by atoms with E-state index < -0.39 is 0 Å². The summed E-state index contributed by atoms with van der Waals surface area (Å²) >= 11 is 0. The lowest BCUT2D eigenvalue weighted by molar-refractivity contribution is -0.120. The van der Waals surface area contributed by atoms with E-state index in [9.17, 15) is 4.79 Å². The third-order valence-electron chi connectivity index (χ3n) is 4.30. The fraction of sp³-hybridized carbons (Fsp3) is 0.588. The molecule has 1 fully saturated rings. The monoisotopic (exact) mass is 259 g/mol. The van der Waals surface area contributed by atoms with Gasteiger partial charge in [0.1, 0.15) is 5.78 Å². The third-order valence-corrected chi connectivity index (χ3v) is 4.30. The smallest absolute Gasteiger partial charge is 0.136 e. The Morgan fingerprint density at radius 3 is 2.58 bits per heavy atom. The first kappa shape index (κ1) is 14.3. The zero-order valence-corrected chi connectivity index (χ0v) is 12.1. The second kappa shape index (κ2) is 5.87. The SMILES string of the molecule is CC(C)(CCN)CCC(=O)C1CC1c1ccccc1. The lowest BCUT2D eigenvalue weighted by atomic mass is 9.83. The molecule has 0 amide bonds. The van der Waals surface area contributed by atoms with Gasteiger partial charge in [-0.05, 0) is 42.7 Å². The fourth-order valence-electron chi connectivity index (χ4n) is 2.78. The van der Waals surface area contributed by atoms with Gasteiger partial charge in [0.15, 0.2) is 0 Å². The van der Waals surface area contributed by atoms with Crippen molar-refractivity contribution in [1.29, 1.82) is 0 Å². The molecular formula is C17H25NO. The summed E-state index contributed by atoms with van der Waals surface area (Å²) in [5, 5.41) is 0. The van der Waals surface area contributed by atoms with Crippen LogP contribution in [0, 0.1) is 11.3 Å². The topological polar surface area (TPSA) is 43.1 Å². The van der Waals surface area contributed by atoms with E-state index in [-0.39, 0.29) is 11.3 Å². The molecule has 2 rings (SSSR count). The Kier molecular flexibility index (Phi) is 4.41. The van der Waals surface area contributed by atoms with Gasteiger partial charge in [0.25, 0.3) is 0 Å². The highest BCUT2D eigenvalue weighted by Gasteiger charge is 2.43. The Hall–Kier alpha value is -1.15. The van der Waals surface area contributed by atoms with Gasteiger partial charge < -0.3 is 5.73 Å². The van der Waals surface area contributed by atoms with E-state index in [0.717, 1.165) is 19.3 Å². The lowest BCUT2D eigenvalue weighted by Gasteiger charge is -2.23. The van der Waals surface area contributed by atoms with Gasteiger partial charge in [-0.1, -0.05) is 44.2 Å².